The second-order valence-electron chi connectivity index (χ2n) is 11.8. The van der Waals surface area contributed by atoms with Crippen LogP contribution in [0.1, 0.15) is 87.9 Å². The quantitative estimate of drug-likeness (QED) is 0.455. The Morgan fingerprint density at radius 1 is 0.892 bits per heavy atom. The van der Waals surface area contributed by atoms with E-state index in [4.69, 9.17) is 4.74 Å². The van der Waals surface area contributed by atoms with Gasteiger partial charge in [-0.05, 0) is 61.5 Å². The molecule has 3 atom stereocenters. The minimum atomic E-state index is -0.0974. The Hall–Kier alpha value is -2.21. The number of likely N-dealkylation sites (tertiary alicyclic amines) is 1. The number of amides is 2. The number of nitrogens with one attached hydrogen (secondary N) is 1. The van der Waals surface area contributed by atoms with E-state index in [1.807, 2.05) is 12.1 Å². The van der Waals surface area contributed by atoms with Gasteiger partial charge >= 0.3 is 0 Å². The first-order chi connectivity index (χ1) is 17.5. The summed E-state index contributed by atoms with van der Waals surface area (Å²) in [5.74, 6) is 0.104. The van der Waals surface area contributed by atoms with E-state index in [-0.39, 0.29) is 47.4 Å². The molecule has 1 aliphatic carbocycles. The van der Waals surface area contributed by atoms with Crippen LogP contribution in [0, 0.1) is 5.41 Å². The number of hydrogen-bond donors (Lipinski definition) is 1. The molecule has 6 rings (SSSR count). The fourth-order valence-electron chi connectivity index (χ4n) is 7.49. The van der Waals surface area contributed by atoms with Crippen LogP contribution in [0.4, 0.5) is 0 Å². The van der Waals surface area contributed by atoms with Gasteiger partial charge in [0.1, 0.15) is 6.10 Å². The number of piperidine rings is 2. The Morgan fingerprint density at radius 3 is 2.08 bits per heavy atom. The van der Waals surface area contributed by atoms with Crippen molar-refractivity contribution in [2.45, 2.75) is 94.4 Å². The molecule has 4 aliphatic rings. The summed E-state index contributed by atoms with van der Waals surface area (Å²) < 4.78 is 6.88. The van der Waals surface area contributed by atoms with Crippen molar-refractivity contribution in [1.29, 1.82) is 0 Å². The van der Waals surface area contributed by atoms with Crippen LogP contribution in [0.2, 0.25) is 0 Å². The standard InChI is InChI=1S/C31H38N2O3.ClH/c34-27-21-30(14-7-8-15-30)22-28(35)33(27)18-17-31-16-13-25(32-31)19-26(20-31)36-29(23-9-3-1-4-10-23)24-11-5-2-6-12-24;/h1-6,9-12,25-26,29,32H,7-8,13-22H2;1H. The smallest absolute Gasteiger partial charge is 0.229 e. The number of imide groups is 1. The van der Waals surface area contributed by atoms with E-state index in [2.05, 4.69) is 53.8 Å². The van der Waals surface area contributed by atoms with Crippen molar-refractivity contribution in [2.24, 2.45) is 5.41 Å². The molecule has 2 amide bonds. The van der Waals surface area contributed by atoms with Crippen molar-refractivity contribution >= 4 is 24.2 Å². The average Bonchev–Trinajstić information content (AvgIpc) is 3.46. The minimum Gasteiger partial charge on any atom is -0.365 e. The number of fused-ring (bicyclic) bond motifs is 2. The van der Waals surface area contributed by atoms with Crippen molar-refractivity contribution in [2.75, 3.05) is 6.54 Å². The van der Waals surface area contributed by atoms with Gasteiger partial charge in [-0.3, -0.25) is 14.5 Å². The summed E-state index contributed by atoms with van der Waals surface area (Å²) in [4.78, 5) is 27.6. The van der Waals surface area contributed by atoms with Gasteiger partial charge in [-0.2, -0.15) is 0 Å². The minimum absolute atomic E-state index is 0. The molecule has 2 aromatic carbocycles. The normalized spacial score (nSPS) is 28.6. The highest BCUT2D eigenvalue weighted by atomic mass is 35.5. The summed E-state index contributed by atoms with van der Waals surface area (Å²) in [7, 11) is 0. The van der Waals surface area contributed by atoms with Crippen LogP contribution in [0.15, 0.2) is 60.7 Å². The lowest BCUT2D eigenvalue weighted by atomic mass is 9.76. The summed E-state index contributed by atoms with van der Waals surface area (Å²) in [6.07, 6.45) is 10.5. The fraction of sp³-hybridized carbons (Fsp3) is 0.548. The second-order valence-corrected chi connectivity index (χ2v) is 11.8. The largest absolute Gasteiger partial charge is 0.365 e. The molecule has 0 radical (unpaired) electrons. The second kappa shape index (κ2) is 10.9. The first-order valence-corrected chi connectivity index (χ1v) is 13.9. The van der Waals surface area contributed by atoms with Gasteiger partial charge in [0, 0.05) is 31.0 Å². The Balaban J connectivity index is 0.00000280. The molecular weight excluding hydrogens is 484 g/mol. The van der Waals surface area contributed by atoms with Gasteiger partial charge in [-0.25, -0.2) is 0 Å². The molecule has 198 valence electrons. The highest BCUT2D eigenvalue weighted by Gasteiger charge is 2.48. The molecule has 6 heteroatoms. The fourth-order valence-corrected chi connectivity index (χ4v) is 7.49. The molecule has 3 heterocycles. The lowest BCUT2D eigenvalue weighted by molar-refractivity contribution is -0.153. The Kier molecular flexibility index (Phi) is 7.76. The maximum atomic E-state index is 13.0. The van der Waals surface area contributed by atoms with Crippen molar-refractivity contribution in [3.63, 3.8) is 0 Å². The van der Waals surface area contributed by atoms with Crippen molar-refractivity contribution < 1.29 is 14.3 Å². The van der Waals surface area contributed by atoms with Crippen LogP contribution in [-0.2, 0) is 14.3 Å². The van der Waals surface area contributed by atoms with E-state index in [0.29, 0.717) is 25.4 Å². The first kappa shape index (κ1) is 26.4. The number of halogens is 1. The van der Waals surface area contributed by atoms with E-state index in [0.717, 1.165) is 57.8 Å². The number of hydrogen-bond acceptors (Lipinski definition) is 4. The summed E-state index contributed by atoms with van der Waals surface area (Å²) >= 11 is 0. The van der Waals surface area contributed by atoms with E-state index >= 15 is 0 Å². The van der Waals surface area contributed by atoms with Gasteiger partial charge in [0.15, 0.2) is 0 Å². The zero-order valence-electron chi connectivity index (χ0n) is 21.6. The SMILES string of the molecule is Cl.O=C1CC2(CCCC2)CC(=O)N1CCC12CCC(CC(OC(c3ccccc3)c3ccccc3)C1)N2. The number of carbonyl (C=O) groups is 2. The Labute approximate surface area is 226 Å². The van der Waals surface area contributed by atoms with Gasteiger partial charge < -0.3 is 10.1 Å². The van der Waals surface area contributed by atoms with Crippen molar-refractivity contribution in [3.8, 4) is 0 Å². The summed E-state index contributed by atoms with van der Waals surface area (Å²) in [5.41, 5.74) is 2.25. The highest BCUT2D eigenvalue weighted by molar-refractivity contribution is 5.98. The molecule has 1 saturated carbocycles. The first-order valence-electron chi connectivity index (χ1n) is 13.9. The topological polar surface area (TPSA) is 58.6 Å². The third-order valence-electron chi connectivity index (χ3n) is 9.31. The van der Waals surface area contributed by atoms with Gasteiger partial charge in [-0.1, -0.05) is 73.5 Å². The van der Waals surface area contributed by atoms with Crippen molar-refractivity contribution in [1.82, 2.24) is 10.2 Å². The average molecular weight is 523 g/mol. The number of rotatable bonds is 7. The maximum Gasteiger partial charge on any atom is 0.229 e. The van der Waals surface area contributed by atoms with Gasteiger partial charge in [0.2, 0.25) is 11.8 Å². The zero-order chi connectivity index (χ0) is 24.6. The number of nitrogens with zero attached hydrogens (tertiary/aromatic N) is 1. The Morgan fingerprint density at radius 2 is 1.49 bits per heavy atom. The van der Waals surface area contributed by atoms with Crippen LogP contribution in [0.3, 0.4) is 0 Å². The Bertz CT molecular complexity index is 1030. The number of carbonyl (C=O) groups excluding carboxylic acids is 2. The van der Waals surface area contributed by atoms with Crippen molar-refractivity contribution in [3.05, 3.63) is 71.8 Å². The van der Waals surface area contributed by atoms with Gasteiger partial charge in [0.25, 0.3) is 0 Å². The predicted molar refractivity (Wildman–Crippen MR) is 146 cm³/mol. The van der Waals surface area contributed by atoms with Crippen LogP contribution in [0.25, 0.3) is 0 Å². The predicted octanol–water partition coefficient (Wildman–Crippen LogP) is 5.97. The van der Waals surface area contributed by atoms with Crippen LogP contribution < -0.4 is 5.32 Å². The molecule has 5 nitrogen and oxygen atoms in total. The number of ether oxygens (including phenoxy) is 1. The molecule has 4 fully saturated rings. The van der Waals surface area contributed by atoms with Crippen LogP contribution in [0.5, 0.6) is 0 Å². The van der Waals surface area contributed by atoms with E-state index in [1.54, 1.807) is 4.90 Å². The monoisotopic (exact) mass is 522 g/mol. The third kappa shape index (κ3) is 5.50. The third-order valence-corrected chi connectivity index (χ3v) is 9.31. The van der Waals surface area contributed by atoms with Crippen LogP contribution >= 0.6 is 12.4 Å². The molecule has 0 aromatic heterocycles. The molecule has 2 aromatic rings. The molecule has 2 bridgehead atoms. The van der Waals surface area contributed by atoms with Gasteiger partial charge in [-0.15, -0.1) is 12.4 Å². The van der Waals surface area contributed by atoms with E-state index in [1.165, 1.54) is 11.1 Å². The van der Waals surface area contributed by atoms with E-state index < -0.39 is 0 Å². The lowest BCUT2D eigenvalue weighted by Crippen LogP contribution is -2.55. The molecule has 3 saturated heterocycles. The summed E-state index contributed by atoms with van der Waals surface area (Å²) in [5, 5.41) is 3.88. The summed E-state index contributed by atoms with van der Waals surface area (Å²) in [6.45, 7) is 0.529. The van der Waals surface area contributed by atoms with E-state index in [9.17, 15) is 9.59 Å². The van der Waals surface area contributed by atoms with Crippen LogP contribution in [-0.4, -0.2) is 40.9 Å². The lowest BCUT2D eigenvalue weighted by Gasteiger charge is -2.42. The molecule has 1 N–H and O–H groups in total. The molecule has 3 aliphatic heterocycles. The number of benzene rings is 2. The molecule has 37 heavy (non-hydrogen) atoms. The molecule has 3 unspecified atom stereocenters. The molecule has 1 spiro atoms. The highest BCUT2D eigenvalue weighted by Crippen LogP contribution is 2.47. The van der Waals surface area contributed by atoms with Gasteiger partial charge in [0.05, 0.1) is 6.10 Å². The maximum absolute atomic E-state index is 13.0. The zero-order valence-corrected chi connectivity index (χ0v) is 22.4. The summed E-state index contributed by atoms with van der Waals surface area (Å²) in [6, 6.07) is 21.4. The molecular formula is C31H39ClN2O3.